The predicted molar refractivity (Wildman–Crippen MR) is 265 cm³/mol. The lowest BCUT2D eigenvalue weighted by atomic mass is 9.33. The van der Waals surface area contributed by atoms with Gasteiger partial charge in [-0.3, -0.25) is 33.6 Å². The third-order valence-electron chi connectivity index (χ3n) is 19.2. The lowest BCUT2D eigenvalue weighted by Gasteiger charge is -2.71. The van der Waals surface area contributed by atoms with Crippen LogP contribution in [0.2, 0.25) is 0 Å². The number of rotatable bonds is 12. The summed E-state index contributed by atoms with van der Waals surface area (Å²) in [5, 5.41) is 1.67. The summed E-state index contributed by atoms with van der Waals surface area (Å²) in [6.07, 6.45) is 2.10. The number of hydrogen-bond donors (Lipinski definition) is 0. The molecule has 0 unspecified atom stereocenters. The second kappa shape index (κ2) is 19.7. The van der Waals surface area contributed by atoms with Crippen LogP contribution in [0, 0.1) is 50.2 Å². The molecule has 1 aliphatic heterocycles. The Balaban J connectivity index is 1.10. The molecular weight excluding hydrogens is 919 g/mol. The number of hydrogen-bond acceptors (Lipinski definition) is 14. The van der Waals surface area contributed by atoms with Gasteiger partial charge in [0, 0.05) is 39.7 Å². The van der Waals surface area contributed by atoms with Crippen molar-refractivity contribution in [2.75, 3.05) is 13.7 Å². The zero-order valence-electron chi connectivity index (χ0n) is 44.4. The maximum absolute atomic E-state index is 15.5. The van der Waals surface area contributed by atoms with Gasteiger partial charge in [-0.15, -0.1) is 0 Å². The number of hydroxylamine groups is 2. The fourth-order valence-electron chi connectivity index (χ4n) is 15.5. The monoisotopic (exact) mass is 996 g/mol. The predicted octanol–water partition coefficient (Wildman–Crippen LogP) is 9.62. The fourth-order valence-corrected chi connectivity index (χ4v) is 15.5. The number of ether oxygens (including phenoxy) is 6. The summed E-state index contributed by atoms with van der Waals surface area (Å²) in [7, 11) is 1.51. The third kappa shape index (κ3) is 9.24. The molecule has 0 N–H and O–H groups in total. The summed E-state index contributed by atoms with van der Waals surface area (Å²) in [5.41, 5.74) is 0.514. The first kappa shape index (κ1) is 53.4. The Morgan fingerprint density at radius 2 is 1.26 bits per heavy atom. The van der Waals surface area contributed by atoms with E-state index in [9.17, 15) is 24.0 Å². The maximum Gasteiger partial charge on any atom is 0.312 e. The minimum absolute atomic E-state index is 0.0106. The molecule has 72 heavy (non-hydrogen) atoms. The zero-order valence-corrected chi connectivity index (χ0v) is 44.4. The number of fused-ring (bicyclic) bond motifs is 7. The summed E-state index contributed by atoms with van der Waals surface area (Å²) < 4.78 is 36.0. The highest BCUT2D eigenvalue weighted by Gasteiger charge is 2.71. The van der Waals surface area contributed by atoms with Crippen molar-refractivity contribution in [2.24, 2.45) is 50.2 Å². The second-order valence-electron chi connectivity index (χ2n) is 23.9. The van der Waals surface area contributed by atoms with Crippen LogP contribution in [0.25, 0.3) is 0 Å². The average Bonchev–Trinajstić information content (AvgIpc) is 3.31. The van der Waals surface area contributed by atoms with Crippen molar-refractivity contribution in [3.8, 4) is 0 Å². The van der Waals surface area contributed by atoms with Crippen molar-refractivity contribution in [3.63, 3.8) is 0 Å². The molecule has 0 aromatic heterocycles. The van der Waals surface area contributed by atoms with Crippen LogP contribution in [0.4, 0.5) is 0 Å². The smallest absolute Gasteiger partial charge is 0.312 e. The van der Waals surface area contributed by atoms with E-state index in [4.69, 9.17) is 33.3 Å². The first-order valence-electron chi connectivity index (χ1n) is 26.0. The van der Waals surface area contributed by atoms with Gasteiger partial charge >= 0.3 is 29.8 Å². The summed E-state index contributed by atoms with van der Waals surface area (Å²) in [6, 6.07) is 19.4. The van der Waals surface area contributed by atoms with Crippen molar-refractivity contribution >= 4 is 35.6 Å². The van der Waals surface area contributed by atoms with Gasteiger partial charge in [-0.1, -0.05) is 108 Å². The quantitative estimate of drug-likeness (QED) is 0.112. The normalized spacial score (nSPS) is 37.9. The topological polar surface area (TPSA) is 170 Å². The molecule has 5 fully saturated rings. The van der Waals surface area contributed by atoms with Crippen molar-refractivity contribution < 1.29 is 62.0 Å². The summed E-state index contributed by atoms with van der Waals surface area (Å²) in [6.45, 7) is 20.4. The van der Waals surface area contributed by atoms with E-state index in [2.05, 4.69) is 48.5 Å². The minimum Gasteiger partial charge on any atom is -0.463 e. The van der Waals surface area contributed by atoms with Gasteiger partial charge in [-0.05, 0) is 121 Å². The number of nitrogens with zero attached hydrogens (tertiary/aromatic N) is 1. The minimum atomic E-state index is -1.35. The molecule has 14 atom stereocenters. The molecule has 0 spiro atoms. The number of ketones is 1. The van der Waals surface area contributed by atoms with E-state index in [0.717, 1.165) is 43.2 Å². The molecule has 14 nitrogen and oxygen atoms in total. The van der Waals surface area contributed by atoms with Crippen molar-refractivity contribution in [1.82, 2.24) is 5.06 Å². The molecule has 1 heterocycles. The third-order valence-corrected chi connectivity index (χ3v) is 19.2. The first-order valence-corrected chi connectivity index (χ1v) is 26.0. The van der Waals surface area contributed by atoms with Gasteiger partial charge in [0.25, 0.3) is 0 Å². The van der Waals surface area contributed by atoms with Gasteiger partial charge in [0.15, 0.2) is 36.4 Å². The maximum atomic E-state index is 15.5. The zero-order chi connectivity index (χ0) is 52.3. The molecule has 0 amide bonds. The van der Waals surface area contributed by atoms with E-state index < -0.39 is 76.9 Å². The molecule has 0 bridgehead atoms. The van der Waals surface area contributed by atoms with Gasteiger partial charge < -0.3 is 28.4 Å². The van der Waals surface area contributed by atoms with E-state index in [1.54, 1.807) is 5.06 Å². The number of esters is 5. The van der Waals surface area contributed by atoms with Crippen LogP contribution in [-0.2, 0) is 62.0 Å². The molecular formula is C58H77NO13. The van der Waals surface area contributed by atoms with E-state index in [0.29, 0.717) is 25.7 Å². The Hall–Kier alpha value is -4.92. The SMILES string of the molecule is CON([C@@H]1O[C@H](COC(C)=O)[C@@H](OC(C)=O)[C@H](OC(C)=O)[C@H]1OC(C)=O)[C@H]1CC[C@]2(C)[C@H]3C(=O)C=C4[C@@H]5C[C@@](C)(C(=O)OC(c6ccccc6)c6ccccc6)CC[C@]5(C)CC[C@@]4(C)[C@]3(C)CC[C@H]2C1(C)C. The second-order valence-corrected chi connectivity index (χ2v) is 23.9. The highest BCUT2D eigenvalue weighted by Crippen LogP contribution is 2.75. The molecule has 8 rings (SSSR count). The molecule has 5 aliphatic carbocycles. The fraction of sp³-hybridized carbons (Fsp3) is 0.655. The van der Waals surface area contributed by atoms with E-state index >= 15 is 4.79 Å². The molecule has 1 saturated heterocycles. The number of allylic oxidation sites excluding steroid dienone is 2. The molecule has 392 valence electrons. The lowest BCUT2D eigenvalue weighted by molar-refractivity contribution is -0.357. The van der Waals surface area contributed by atoms with Crippen LogP contribution in [0.5, 0.6) is 0 Å². The van der Waals surface area contributed by atoms with Gasteiger partial charge in [0.1, 0.15) is 12.7 Å². The van der Waals surface area contributed by atoms with E-state index in [-0.39, 0.29) is 58.4 Å². The van der Waals surface area contributed by atoms with Crippen LogP contribution < -0.4 is 0 Å². The largest absolute Gasteiger partial charge is 0.463 e. The molecule has 2 aromatic carbocycles. The number of benzene rings is 2. The Morgan fingerprint density at radius 3 is 1.83 bits per heavy atom. The van der Waals surface area contributed by atoms with Crippen LogP contribution >= 0.6 is 0 Å². The number of carbonyl (C=O) groups excluding carboxylic acids is 6. The van der Waals surface area contributed by atoms with Gasteiger partial charge in [-0.25, -0.2) is 0 Å². The molecule has 4 saturated carbocycles. The first-order chi connectivity index (χ1) is 33.8. The molecule has 14 heteroatoms. The van der Waals surface area contributed by atoms with Crippen LogP contribution in [-0.4, -0.2) is 91.1 Å². The Labute approximate surface area is 425 Å². The Kier molecular flexibility index (Phi) is 14.6. The van der Waals surface area contributed by atoms with Gasteiger partial charge in [-0.2, -0.15) is 5.06 Å². The lowest BCUT2D eigenvalue weighted by Crippen LogP contribution is -2.71. The Bertz CT molecular complexity index is 2400. The highest BCUT2D eigenvalue weighted by atomic mass is 16.7. The van der Waals surface area contributed by atoms with Crippen LogP contribution in [0.15, 0.2) is 72.3 Å². The summed E-state index contributed by atoms with van der Waals surface area (Å²) in [4.78, 5) is 86.7. The van der Waals surface area contributed by atoms with Crippen LogP contribution in [0.3, 0.4) is 0 Å². The standard InChI is InChI=1S/C58H77NO13/c1-34(60)67-33-43-47(68-35(2)61)48(69-36(3)62)49(70-37(4)63)51(71-43)59(66-12)45-24-25-56(9)44(53(45,5)6)23-26-58(11)50(56)42(64)31-40-41-32-55(8,28-27-54(41,7)29-30-57(40,58)10)52(65)72-46(38-19-15-13-16-20-38)39-21-17-14-18-22-39/h13-22,31,41,43-51H,23-30,32-33H2,1-12H3/t41-,43+,44-,45-,47+,48-,49+,50+,51+,54+,55-,56-,57+,58+/m0/s1. The van der Waals surface area contributed by atoms with Crippen LogP contribution in [0.1, 0.15) is 151 Å². The van der Waals surface area contributed by atoms with Gasteiger partial charge in [0.2, 0.25) is 0 Å². The molecule has 2 aromatic rings. The highest BCUT2D eigenvalue weighted by molar-refractivity contribution is 5.96. The van der Waals surface area contributed by atoms with E-state index in [1.807, 2.05) is 66.7 Å². The van der Waals surface area contributed by atoms with E-state index in [1.165, 1.54) is 40.4 Å². The summed E-state index contributed by atoms with van der Waals surface area (Å²) >= 11 is 0. The van der Waals surface area contributed by atoms with Crippen molar-refractivity contribution in [2.45, 2.75) is 177 Å². The average molecular weight is 996 g/mol. The molecule has 0 radical (unpaired) electrons. The Morgan fingerprint density at radius 1 is 0.694 bits per heavy atom. The molecule has 6 aliphatic rings. The number of carbonyl (C=O) groups is 6. The van der Waals surface area contributed by atoms with Gasteiger partial charge in [0.05, 0.1) is 12.5 Å². The summed E-state index contributed by atoms with van der Waals surface area (Å²) in [5.74, 6) is -3.04. The van der Waals surface area contributed by atoms with Crippen molar-refractivity contribution in [1.29, 1.82) is 0 Å². The van der Waals surface area contributed by atoms with Crippen molar-refractivity contribution in [3.05, 3.63) is 83.4 Å².